The lowest BCUT2D eigenvalue weighted by Gasteiger charge is -2.15. The third kappa shape index (κ3) is 3.21. The van der Waals surface area contributed by atoms with Crippen LogP contribution >= 0.6 is 0 Å². The largest absolute Gasteiger partial charge is 0.386 e. The van der Waals surface area contributed by atoms with Crippen molar-refractivity contribution < 1.29 is 5.11 Å². The van der Waals surface area contributed by atoms with Crippen LogP contribution in [0.2, 0.25) is 0 Å². The first-order valence-corrected chi connectivity index (χ1v) is 6.64. The molecule has 0 fully saturated rings. The van der Waals surface area contributed by atoms with Gasteiger partial charge < -0.3 is 5.11 Å². The van der Waals surface area contributed by atoms with E-state index in [9.17, 15) is 5.11 Å². The average Bonchev–Trinajstić information content (AvgIpc) is 2.34. The first-order chi connectivity index (χ1) is 8.97. The van der Waals surface area contributed by atoms with E-state index >= 15 is 0 Å². The van der Waals surface area contributed by atoms with Gasteiger partial charge in [-0.2, -0.15) is 0 Å². The second-order valence-corrected chi connectivity index (χ2v) is 5.36. The molecule has 0 bridgehead atoms. The van der Waals surface area contributed by atoms with Crippen molar-refractivity contribution in [3.8, 4) is 0 Å². The van der Waals surface area contributed by atoms with Gasteiger partial charge in [0.15, 0.2) is 0 Å². The van der Waals surface area contributed by atoms with Crippen LogP contribution in [0.5, 0.6) is 0 Å². The Morgan fingerprint density at radius 1 is 1.00 bits per heavy atom. The smallest absolute Gasteiger partial charge is 0.1000 e. The zero-order valence-corrected chi connectivity index (χ0v) is 12.1. The zero-order valence-electron chi connectivity index (χ0n) is 12.1. The Bertz CT molecular complexity index is 549. The highest BCUT2D eigenvalue weighted by atomic mass is 16.3. The fraction of sp³-hybridized carbons (Fsp3) is 0.353. The molecule has 0 spiro atoms. The third-order valence-electron chi connectivity index (χ3n) is 3.51. The van der Waals surface area contributed by atoms with Gasteiger partial charge in [0, 0.05) is 12.6 Å². The van der Waals surface area contributed by atoms with Crippen LogP contribution in [0.3, 0.4) is 0 Å². The number of aliphatic hydroxyl groups excluding tert-OH is 1. The number of pyridine rings is 1. The molecule has 2 heteroatoms. The lowest BCUT2D eigenvalue weighted by Crippen LogP contribution is -2.07. The molecule has 0 aliphatic heterocycles. The summed E-state index contributed by atoms with van der Waals surface area (Å²) in [5.74, 6) is 0. The normalized spacial score (nSPS) is 12.5. The number of benzene rings is 1. The summed E-state index contributed by atoms with van der Waals surface area (Å²) in [5.41, 5.74) is 6.82. The molecule has 1 aromatic heterocycles. The molecule has 100 valence electrons. The van der Waals surface area contributed by atoms with E-state index < -0.39 is 6.10 Å². The van der Waals surface area contributed by atoms with Gasteiger partial charge in [0.25, 0.3) is 0 Å². The number of hydrogen-bond donors (Lipinski definition) is 1. The van der Waals surface area contributed by atoms with Crippen LogP contribution in [0.1, 0.15) is 39.6 Å². The molecule has 1 heterocycles. The second-order valence-electron chi connectivity index (χ2n) is 5.36. The Morgan fingerprint density at radius 3 is 2.16 bits per heavy atom. The van der Waals surface area contributed by atoms with Crippen LogP contribution in [0.4, 0.5) is 0 Å². The summed E-state index contributed by atoms with van der Waals surface area (Å²) < 4.78 is 0. The molecule has 1 aromatic carbocycles. The van der Waals surface area contributed by atoms with Crippen molar-refractivity contribution in [1.82, 2.24) is 4.98 Å². The molecule has 0 saturated carbocycles. The molecule has 1 N–H and O–H groups in total. The van der Waals surface area contributed by atoms with E-state index in [-0.39, 0.29) is 0 Å². The summed E-state index contributed by atoms with van der Waals surface area (Å²) in [6, 6.07) is 8.22. The molecule has 0 saturated heterocycles. The van der Waals surface area contributed by atoms with Crippen LogP contribution in [0, 0.1) is 27.7 Å². The Hall–Kier alpha value is -1.67. The predicted molar refractivity (Wildman–Crippen MR) is 78.3 cm³/mol. The van der Waals surface area contributed by atoms with Crippen molar-refractivity contribution in [2.24, 2.45) is 0 Å². The van der Waals surface area contributed by atoms with Crippen molar-refractivity contribution in [2.45, 2.75) is 40.2 Å². The summed E-state index contributed by atoms with van der Waals surface area (Å²) in [6.07, 6.45) is 1.88. The summed E-state index contributed by atoms with van der Waals surface area (Å²) in [5, 5.41) is 10.3. The lowest BCUT2D eigenvalue weighted by atomic mass is 9.94. The van der Waals surface area contributed by atoms with Crippen LogP contribution in [0.25, 0.3) is 0 Å². The van der Waals surface area contributed by atoms with E-state index in [0.29, 0.717) is 6.42 Å². The molecular weight excluding hydrogens is 234 g/mol. The van der Waals surface area contributed by atoms with E-state index in [0.717, 1.165) is 11.3 Å². The third-order valence-corrected chi connectivity index (χ3v) is 3.51. The summed E-state index contributed by atoms with van der Waals surface area (Å²) in [6.45, 7) is 8.30. The van der Waals surface area contributed by atoms with E-state index in [4.69, 9.17) is 0 Å². The highest BCUT2D eigenvalue weighted by Crippen LogP contribution is 2.23. The zero-order chi connectivity index (χ0) is 14.0. The molecule has 0 aliphatic rings. The van der Waals surface area contributed by atoms with Crippen LogP contribution in [-0.2, 0) is 6.42 Å². The molecule has 2 rings (SSSR count). The van der Waals surface area contributed by atoms with Gasteiger partial charge in [-0.1, -0.05) is 23.8 Å². The van der Waals surface area contributed by atoms with Gasteiger partial charge in [-0.15, -0.1) is 0 Å². The molecule has 2 nitrogen and oxygen atoms in total. The standard InChI is InChI=1S/C17H21NO/c1-11-5-6-16(18-10-11)17(19)9-15-13(3)7-12(2)8-14(15)4/h5-8,10,17,19H,9H2,1-4H3. The average molecular weight is 255 g/mol. The topological polar surface area (TPSA) is 33.1 Å². The van der Waals surface area contributed by atoms with Crippen molar-refractivity contribution >= 4 is 0 Å². The van der Waals surface area contributed by atoms with Gasteiger partial charge in [0.2, 0.25) is 0 Å². The van der Waals surface area contributed by atoms with Crippen LogP contribution in [-0.4, -0.2) is 10.1 Å². The summed E-state index contributed by atoms with van der Waals surface area (Å²) in [7, 11) is 0. The maximum atomic E-state index is 10.3. The van der Waals surface area contributed by atoms with E-state index in [1.165, 1.54) is 22.3 Å². The Labute approximate surface area is 115 Å². The van der Waals surface area contributed by atoms with Gasteiger partial charge in [-0.05, 0) is 56.0 Å². The molecule has 0 aliphatic carbocycles. The van der Waals surface area contributed by atoms with E-state index in [1.54, 1.807) is 6.20 Å². The van der Waals surface area contributed by atoms with Gasteiger partial charge in [0.05, 0.1) is 11.8 Å². The number of aromatic nitrogens is 1. The second kappa shape index (κ2) is 5.54. The molecule has 1 atom stereocenters. The minimum Gasteiger partial charge on any atom is -0.386 e. The van der Waals surface area contributed by atoms with Crippen LogP contribution in [0.15, 0.2) is 30.5 Å². The SMILES string of the molecule is Cc1ccc(C(O)Cc2c(C)cc(C)cc2C)nc1. The molecule has 2 aromatic rings. The molecule has 0 radical (unpaired) electrons. The fourth-order valence-electron chi connectivity index (χ4n) is 2.51. The Morgan fingerprint density at radius 2 is 1.63 bits per heavy atom. The molecule has 19 heavy (non-hydrogen) atoms. The number of nitrogens with zero attached hydrogens (tertiary/aromatic N) is 1. The lowest BCUT2D eigenvalue weighted by molar-refractivity contribution is 0.173. The number of rotatable bonds is 3. The number of aryl methyl sites for hydroxylation is 4. The monoisotopic (exact) mass is 255 g/mol. The maximum absolute atomic E-state index is 10.3. The molecular formula is C17H21NO. The minimum absolute atomic E-state index is 0.541. The van der Waals surface area contributed by atoms with Gasteiger partial charge in [-0.3, -0.25) is 4.98 Å². The van der Waals surface area contributed by atoms with Gasteiger partial charge >= 0.3 is 0 Å². The Balaban J connectivity index is 2.24. The van der Waals surface area contributed by atoms with Crippen molar-refractivity contribution in [2.75, 3.05) is 0 Å². The quantitative estimate of drug-likeness (QED) is 0.909. The van der Waals surface area contributed by atoms with Gasteiger partial charge in [0.1, 0.15) is 0 Å². The van der Waals surface area contributed by atoms with Crippen LogP contribution < -0.4 is 0 Å². The predicted octanol–water partition coefficient (Wildman–Crippen LogP) is 3.59. The van der Waals surface area contributed by atoms with Crippen molar-refractivity contribution in [1.29, 1.82) is 0 Å². The Kier molecular flexibility index (Phi) is 4.01. The first-order valence-electron chi connectivity index (χ1n) is 6.64. The van der Waals surface area contributed by atoms with Crippen molar-refractivity contribution in [3.63, 3.8) is 0 Å². The minimum atomic E-state index is -0.541. The molecule has 0 amide bonds. The number of hydrogen-bond acceptors (Lipinski definition) is 2. The maximum Gasteiger partial charge on any atom is 0.1000 e. The van der Waals surface area contributed by atoms with Crippen molar-refractivity contribution in [3.05, 3.63) is 64.0 Å². The number of aliphatic hydroxyl groups is 1. The summed E-state index contributed by atoms with van der Waals surface area (Å²) in [4.78, 5) is 4.30. The highest BCUT2D eigenvalue weighted by Gasteiger charge is 2.13. The fourth-order valence-corrected chi connectivity index (χ4v) is 2.51. The highest BCUT2D eigenvalue weighted by molar-refractivity contribution is 5.38. The molecule has 1 unspecified atom stereocenters. The summed E-state index contributed by atoms with van der Waals surface area (Å²) >= 11 is 0. The first kappa shape index (κ1) is 13.8. The van der Waals surface area contributed by atoms with E-state index in [1.807, 2.05) is 19.1 Å². The van der Waals surface area contributed by atoms with Gasteiger partial charge in [-0.25, -0.2) is 0 Å². The van der Waals surface area contributed by atoms with E-state index in [2.05, 4.69) is 37.9 Å².